The first-order valence-corrected chi connectivity index (χ1v) is 13.4. The van der Waals surface area contributed by atoms with E-state index in [1.807, 2.05) is 6.07 Å². The lowest BCUT2D eigenvalue weighted by molar-refractivity contribution is 0.271. The van der Waals surface area contributed by atoms with Gasteiger partial charge in [-0.25, -0.2) is 9.97 Å². The molecule has 0 aliphatic carbocycles. The van der Waals surface area contributed by atoms with Crippen molar-refractivity contribution in [3.8, 4) is 11.5 Å². The van der Waals surface area contributed by atoms with E-state index in [4.69, 9.17) is 32.7 Å². The van der Waals surface area contributed by atoms with E-state index in [-0.39, 0.29) is 0 Å². The molecule has 2 aromatic carbocycles. The molecule has 1 fully saturated rings. The number of ether oxygens (including phenoxy) is 2. The SMILES string of the molecule is CCN1CCN(c2ccc3c(Nc4cc(CCc5c(Cl)c(OC)cc(OC)c5Cl)[nH]n4)ncnc3c2)CC1. The largest absolute Gasteiger partial charge is 0.495 e. The van der Waals surface area contributed by atoms with E-state index in [1.54, 1.807) is 26.6 Å². The minimum absolute atomic E-state index is 0.482. The van der Waals surface area contributed by atoms with E-state index in [0.29, 0.717) is 46.0 Å². The van der Waals surface area contributed by atoms with Crippen LogP contribution in [0.5, 0.6) is 11.5 Å². The van der Waals surface area contributed by atoms with Crippen molar-refractivity contribution in [1.82, 2.24) is 25.1 Å². The summed E-state index contributed by atoms with van der Waals surface area (Å²) in [5, 5.41) is 12.7. The molecule has 2 N–H and O–H groups in total. The second-order valence-corrected chi connectivity index (χ2v) is 9.89. The highest BCUT2D eigenvalue weighted by atomic mass is 35.5. The normalized spacial score (nSPS) is 14.2. The predicted octanol–water partition coefficient (Wildman–Crippen LogP) is 5.35. The minimum atomic E-state index is 0.482. The number of methoxy groups -OCH3 is 2. The van der Waals surface area contributed by atoms with Crippen molar-refractivity contribution in [1.29, 1.82) is 0 Å². The molecule has 4 aromatic rings. The second-order valence-electron chi connectivity index (χ2n) is 9.14. The molecule has 0 bridgehead atoms. The molecule has 0 atom stereocenters. The summed E-state index contributed by atoms with van der Waals surface area (Å²) in [6, 6.07) is 10.00. The third-order valence-electron chi connectivity index (χ3n) is 6.99. The first-order valence-electron chi connectivity index (χ1n) is 12.6. The Hall–Kier alpha value is -3.27. The lowest BCUT2D eigenvalue weighted by Gasteiger charge is -2.35. The van der Waals surface area contributed by atoms with E-state index in [0.717, 1.165) is 54.9 Å². The van der Waals surface area contributed by atoms with Crippen molar-refractivity contribution < 1.29 is 9.47 Å². The van der Waals surface area contributed by atoms with Gasteiger partial charge in [-0.2, -0.15) is 5.10 Å². The summed E-state index contributed by atoms with van der Waals surface area (Å²) in [5.74, 6) is 2.42. The molecule has 1 aliphatic rings. The lowest BCUT2D eigenvalue weighted by Crippen LogP contribution is -2.46. The number of rotatable bonds is 9. The molecule has 200 valence electrons. The first kappa shape index (κ1) is 26.3. The van der Waals surface area contributed by atoms with Gasteiger partial charge < -0.3 is 24.6 Å². The fourth-order valence-corrected chi connectivity index (χ4v) is 5.44. The number of anilines is 3. The van der Waals surface area contributed by atoms with Crippen LogP contribution in [0.25, 0.3) is 10.9 Å². The Morgan fingerprint density at radius 1 is 0.947 bits per heavy atom. The van der Waals surface area contributed by atoms with Crippen LogP contribution in [-0.2, 0) is 12.8 Å². The van der Waals surface area contributed by atoms with Gasteiger partial charge >= 0.3 is 0 Å². The van der Waals surface area contributed by atoms with E-state index in [2.05, 4.69) is 60.4 Å². The van der Waals surface area contributed by atoms with Gasteiger partial charge in [-0.1, -0.05) is 30.1 Å². The summed E-state index contributed by atoms with van der Waals surface area (Å²) in [6.07, 6.45) is 2.80. The van der Waals surface area contributed by atoms with Gasteiger partial charge in [0.05, 0.1) is 29.8 Å². The number of halogens is 2. The quantitative estimate of drug-likeness (QED) is 0.285. The van der Waals surface area contributed by atoms with E-state index >= 15 is 0 Å². The second kappa shape index (κ2) is 11.6. The molecule has 1 saturated heterocycles. The molecule has 0 saturated carbocycles. The van der Waals surface area contributed by atoms with Crippen LogP contribution in [0, 0.1) is 0 Å². The van der Waals surface area contributed by atoms with Gasteiger partial charge in [-0.3, -0.25) is 5.10 Å². The van der Waals surface area contributed by atoms with Crippen molar-refractivity contribution in [2.75, 3.05) is 57.2 Å². The molecule has 0 amide bonds. The molecule has 3 heterocycles. The van der Waals surface area contributed by atoms with Crippen LogP contribution < -0.4 is 19.7 Å². The molecule has 11 heteroatoms. The summed E-state index contributed by atoms with van der Waals surface area (Å²) >= 11 is 13.1. The Morgan fingerprint density at radius 3 is 2.37 bits per heavy atom. The summed E-state index contributed by atoms with van der Waals surface area (Å²) in [5.41, 5.74) is 3.77. The number of hydrogen-bond donors (Lipinski definition) is 2. The van der Waals surface area contributed by atoms with Crippen LogP contribution in [0.2, 0.25) is 10.0 Å². The molecule has 9 nitrogen and oxygen atoms in total. The highest BCUT2D eigenvalue weighted by Crippen LogP contribution is 2.41. The Kier molecular flexibility index (Phi) is 8.06. The van der Waals surface area contributed by atoms with Gasteiger partial charge in [-0.05, 0) is 43.1 Å². The van der Waals surface area contributed by atoms with Gasteiger partial charge in [-0.15, -0.1) is 0 Å². The van der Waals surface area contributed by atoms with Gasteiger partial charge in [0.25, 0.3) is 0 Å². The van der Waals surface area contributed by atoms with Crippen LogP contribution in [0.15, 0.2) is 36.7 Å². The van der Waals surface area contributed by atoms with E-state index < -0.39 is 0 Å². The average Bonchev–Trinajstić information content (AvgIpc) is 3.40. The number of piperazine rings is 1. The van der Waals surface area contributed by atoms with E-state index in [9.17, 15) is 0 Å². The standard InChI is InChI=1S/C27H31Cl2N7O2/c1-4-35-9-11-36(12-10-35)18-6-8-19-21(14-18)30-16-31-27(19)32-24-13-17(33-34-24)5-7-20-25(28)22(37-2)15-23(38-3)26(20)29/h6,8,13-16H,4-5,7,9-12H2,1-3H3,(H2,30,31,32,33,34). The number of fused-ring (bicyclic) bond motifs is 1. The molecule has 5 rings (SSSR count). The van der Waals surface area contributed by atoms with Crippen molar-refractivity contribution in [3.05, 3.63) is 58.0 Å². The van der Waals surface area contributed by atoms with E-state index in [1.165, 1.54) is 5.69 Å². The van der Waals surface area contributed by atoms with Crippen LogP contribution in [-0.4, -0.2) is 72.0 Å². The topological polar surface area (TPSA) is 91.4 Å². The summed E-state index contributed by atoms with van der Waals surface area (Å²) in [7, 11) is 3.13. The Labute approximate surface area is 232 Å². The zero-order valence-corrected chi connectivity index (χ0v) is 23.2. The third-order valence-corrected chi connectivity index (χ3v) is 7.82. The number of aromatic nitrogens is 4. The molecule has 0 unspecified atom stereocenters. The number of benzene rings is 2. The van der Waals surface area contributed by atoms with Crippen molar-refractivity contribution in [3.63, 3.8) is 0 Å². The Bertz CT molecular complexity index is 1390. The number of hydrogen-bond acceptors (Lipinski definition) is 8. The van der Waals surface area contributed by atoms with Gasteiger partial charge in [0.1, 0.15) is 23.6 Å². The predicted molar refractivity (Wildman–Crippen MR) is 153 cm³/mol. The molecule has 1 aliphatic heterocycles. The molecule has 0 spiro atoms. The molecular weight excluding hydrogens is 525 g/mol. The summed E-state index contributed by atoms with van der Waals surface area (Å²) < 4.78 is 10.7. The van der Waals surface area contributed by atoms with Gasteiger partial charge in [0.2, 0.25) is 0 Å². The van der Waals surface area contributed by atoms with Crippen LogP contribution in [0.1, 0.15) is 18.2 Å². The lowest BCUT2D eigenvalue weighted by atomic mass is 10.1. The number of H-pyrrole nitrogens is 1. The summed E-state index contributed by atoms with van der Waals surface area (Å²) in [6.45, 7) is 7.50. The molecule has 38 heavy (non-hydrogen) atoms. The van der Waals surface area contributed by atoms with Crippen molar-refractivity contribution in [2.45, 2.75) is 19.8 Å². The highest BCUT2D eigenvalue weighted by molar-refractivity contribution is 6.37. The number of aryl methyl sites for hydroxylation is 1. The zero-order valence-electron chi connectivity index (χ0n) is 21.7. The molecular formula is C27H31Cl2N7O2. The van der Waals surface area contributed by atoms with Crippen LogP contribution in [0.3, 0.4) is 0 Å². The fraction of sp³-hybridized carbons (Fsp3) is 0.370. The Morgan fingerprint density at radius 2 is 1.68 bits per heavy atom. The van der Waals surface area contributed by atoms with Crippen molar-refractivity contribution >= 4 is 51.4 Å². The maximum Gasteiger partial charge on any atom is 0.153 e. The van der Waals surface area contributed by atoms with Crippen LogP contribution >= 0.6 is 23.2 Å². The smallest absolute Gasteiger partial charge is 0.153 e. The molecule has 2 aromatic heterocycles. The monoisotopic (exact) mass is 555 g/mol. The minimum Gasteiger partial charge on any atom is -0.495 e. The average molecular weight is 556 g/mol. The number of aromatic amines is 1. The molecule has 0 radical (unpaired) electrons. The number of nitrogens with one attached hydrogen (secondary N) is 2. The van der Waals surface area contributed by atoms with Gasteiger partial charge in [0.15, 0.2) is 5.82 Å². The first-order chi connectivity index (χ1) is 18.5. The number of nitrogens with zero attached hydrogens (tertiary/aromatic N) is 5. The van der Waals surface area contributed by atoms with Crippen LogP contribution in [0.4, 0.5) is 17.3 Å². The van der Waals surface area contributed by atoms with Crippen molar-refractivity contribution in [2.24, 2.45) is 0 Å². The maximum atomic E-state index is 6.53. The number of likely N-dealkylation sites (N-methyl/N-ethyl adjacent to an activating group) is 1. The fourth-order valence-electron chi connectivity index (χ4n) is 4.75. The van der Waals surface area contributed by atoms with Gasteiger partial charge in [0, 0.05) is 55.1 Å². The Balaban J connectivity index is 1.29. The zero-order chi connectivity index (χ0) is 26.6. The highest BCUT2D eigenvalue weighted by Gasteiger charge is 2.19. The maximum absolute atomic E-state index is 6.53. The third kappa shape index (κ3) is 5.45. The summed E-state index contributed by atoms with van der Waals surface area (Å²) in [4.78, 5) is 13.9.